The summed E-state index contributed by atoms with van der Waals surface area (Å²) in [7, 11) is 0. The van der Waals surface area contributed by atoms with Crippen LogP contribution in [-0.4, -0.2) is 49.3 Å². The number of pyridine rings is 1. The monoisotopic (exact) mass is 605 g/mol. The summed E-state index contributed by atoms with van der Waals surface area (Å²) in [5.74, 6) is 0.731. The van der Waals surface area contributed by atoms with Gasteiger partial charge >= 0.3 is 5.69 Å². The summed E-state index contributed by atoms with van der Waals surface area (Å²) in [5, 5.41) is 0. The molecule has 1 saturated carbocycles. The van der Waals surface area contributed by atoms with Gasteiger partial charge in [0.25, 0.3) is 5.56 Å². The van der Waals surface area contributed by atoms with Gasteiger partial charge in [-0.05, 0) is 89.0 Å². The van der Waals surface area contributed by atoms with Crippen LogP contribution in [0.3, 0.4) is 0 Å². The lowest BCUT2D eigenvalue weighted by atomic mass is 10.1. The Morgan fingerprint density at radius 2 is 1.73 bits per heavy atom. The van der Waals surface area contributed by atoms with Crippen LogP contribution in [0.5, 0.6) is 5.88 Å². The minimum Gasteiger partial charge on any atom is -0.474 e. The summed E-state index contributed by atoms with van der Waals surface area (Å²) in [5.41, 5.74) is 2.01. The van der Waals surface area contributed by atoms with Crippen LogP contribution in [0.15, 0.2) is 46.0 Å². The predicted molar refractivity (Wildman–Crippen MR) is 164 cm³/mol. The van der Waals surface area contributed by atoms with Crippen molar-refractivity contribution in [3.05, 3.63) is 74.3 Å². The molecule has 0 amide bonds. The Balaban J connectivity index is 1.40. The quantitative estimate of drug-likeness (QED) is 0.217. The Hall–Kier alpha value is -3.83. The number of nitrogens with zero attached hydrogens (tertiary/aromatic N) is 5. The molecule has 11 heteroatoms. The van der Waals surface area contributed by atoms with E-state index >= 15 is 0 Å². The third-order valence-electron chi connectivity index (χ3n) is 8.54. The number of hydrogen-bond donors (Lipinski definition) is 0. The van der Waals surface area contributed by atoms with Crippen molar-refractivity contribution in [3.8, 4) is 17.3 Å². The van der Waals surface area contributed by atoms with Gasteiger partial charge in [0, 0.05) is 37.9 Å². The molecule has 4 heterocycles. The van der Waals surface area contributed by atoms with Gasteiger partial charge in [-0.2, -0.15) is 0 Å². The third kappa shape index (κ3) is 6.34. The van der Waals surface area contributed by atoms with Gasteiger partial charge in [-0.15, -0.1) is 0 Å². The highest BCUT2D eigenvalue weighted by Crippen LogP contribution is 2.29. The van der Waals surface area contributed by atoms with Gasteiger partial charge in [-0.3, -0.25) is 13.9 Å². The second kappa shape index (κ2) is 13.4. The van der Waals surface area contributed by atoms with E-state index in [-0.39, 0.29) is 31.3 Å². The van der Waals surface area contributed by atoms with Crippen molar-refractivity contribution in [2.24, 2.45) is 0 Å². The standard InChI is InChI=1S/C33H40FN5O5/c1-3-37-31-29(32(40)38(33(37)41)18-8-20-43-28-11-6-7-19-42-28)39(21-23-12-14-24(34)15-13-23)30(36-31)26-16-17-27(35-22(26)2)44-25-9-4-5-10-25/h12-17,25,28H,3-11,18-21H2,1-2H3. The van der Waals surface area contributed by atoms with Gasteiger partial charge in [0.1, 0.15) is 17.7 Å². The maximum atomic E-state index is 14.1. The fourth-order valence-electron chi connectivity index (χ4n) is 6.20. The Morgan fingerprint density at radius 1 is 0.955 bits per heavy atom. The third-order valence-corrected chi connectivity index (χ3v) is 8.54. The van der Waals surface area contributed by atoms with E-state index < -0.39 is 11.2 Å². The van der Waals surface area contributed by atoms with Gasteiger partial charge in [-0.1, -0.05) is 12.1 Å². The van der Waals surface area contributed by atoms with Crippen LogP contribution in [0, 0.1) is 12.7 Å². The summed E-state index contributed by atoms with van der Waals surface area (Å²) in [4.78, 5) is 37.3. The van der Waals surface area contributed by atoms with Crippen molar-refractivity contribution in [3.63, 3.8) is 0 Å². The number of aryl methyl sites for hydroxylation is 2. The minimum atomic E-state index is -0.420. The van der Waals surface area contributed by atoms with Crippen LogP contribution in [-0.2, 0) is 29.1 Å². The summed E-state index contributed by atoms with van der Waals surface area (Å²) in [6.07, 6.45) is 7.74. The van der Waals surface area contributed by atoms with E-state index in [0.29, 0.717) is 54.7 Å². The number of fused-ring (bicyclic) bond motifs is 1. The molecule has 1 aliphatic heterocycles. The molecule has 1 aliphatic carbocycles. The van der Waals surface area contributed by atoms with Crippen LogP contribution in [0.25, 0.3) is 22.6 Å². The number of rotatable bonds is 11. The normalized spacial score (nSPS) is 17.5. The molecule has 0 radical (unpaired) electrons. The van der Waals surface area contributed by atoms with E-state index in [1.165, 1.54) is 21.3 Å². The number of imidazole rings is 1. The lowest BCUT2D eigenvalue weighted by Crippen LogP contribution is -2.40. The molecule has 2 fully saturated rings. The minimum absolute atomic E-state index is 0.175. The Morgan fingerprint density at radius 3 is 2.43 bits per heavy atom. The van der Waals surface area contributed by atoms with Crippen LogP contribution in [0.1, 0.15) is 69.5 Å². The van der Waals surface area contributed by atoms with Gasteiger partial charge in [0.05, 0.1) is 12.3 Å². The van der Waals surface area contributed by atoms with Crippen LogP contribution in [0.4, 0.5) is 4.39 Å². The molecule has 1 atom stereocenters. The van der Waals surface area contributed by atoms with Crippen molar-refractivity contribution in [1.29, 1.82) is 0 Å². The van der Waals surface area contributed by atoms with Gasteiger partial charge in [0.15, 0.2) is 17.5 Å². The molecule has 1 aromatic carbocycles. The average molecular weight is 606 g/mol. The molecule has 10 nitrogen and oxygen atoms in total. The van der Waals surface area contributed by atoms with E-state index in [2.05, 4.69) is 0 Å². The van der Waals surface area contributed by atoms with Crippen LogP contribution < -0.4 is 16.0 Å². The van der Waals surface area contributed by atoms with E-state index in [4.69, 9.17) is 24.2 Å². The second-order valence-electron chi connectivity index (χ2n) is 11.6. The number of benzene rings is 1. The molecule has 6 rings (SSSR count). The first kappa shape index (κ1) is 30.2. The van der Waals surface area contributed by atoms with Crippen LogP contribution in [0.2, 0.25) is 0 Å². The average Bonchev–Trinajstić information content (AvgIpc) is 3.67. The molecule has 44 heavy (non-hydrogen) atoms. The molecule has 0 spiro atoms. The number of ether oxygens (including phenoxy) is 3. The summed E-state index contributed by atoms with van der Waals surface area (Å²) >= 11 is 0. The summed E-state index contributed by atoms with van der Waals surface area (Å²) in [6, 6.07) is 9.91. The van der Waals surface area contributed by atoms with E-state index in [9.17, 15) is 14.0 Å². The van der Waals surface area contributed by atoms with Gasteiger partial charge in [0.2, 0.25) is 5.88 Å². The second-order valence-corrected chi connectivity index (χ2v) is 11.6. The lowest BCUT2D eigenvalue weighted by Gasteiger charge is -2.22. The van der Waals surface area contributed by atoms with Crippen molar-refractivity contribution in [2.75, 3.05) is 13.2 Å². The highest BCUT2D eigenvalue weighted by Gasteiger charge is 2.24. The Labute approximate surface area is 255 Å². The number of hydrogen-bond acceptors (Lipinski definition) is 7. The van der Waals surface area contributed by atoms with Crippen molar-refractivity contribution >= 4 is 11.2 Å². The first-order chi connectivity index (χ1) is 21.4. The van der Waals surface area contributed by atoms with Crippen LogP contribution >= 0.6 is 0 Å². The molecule has 0 bridgehead atoms. The fourth-order valence-corrected chi connectivity index (χ4v) is 6.20. The molecular formula is C33H40FN5O5. The molecule has 4 aromatic rings. The molecule has 0 N–H and O–H groups in total. The maximum Gasteiger partial charge on any atom is 0.332 e. The predicted octanol–water partition coefficient (Wildman–Crippen LogP) is 5.19. The summed E-state index contributed by atoms with van der Waals surface area (Å²) in [6.45, 7) is 5.60. The first-order valence-corrected chi connectivity index (χ1v) is 15.8. The van der Waals surface area contributed by atoms with Crippen molar-refractivity contribution in [2.45, 2.75) is 97.2 Å². The van der Waals surface area contributed by atoms with Crippen molar-refractivity contribution < 1.29 is 18.6 Å². The molecular weight excluding hydrogens is 565 g/mol. The highest BCUT2D eigenvalue weighted by atomic mass is 19.1. The Kier molecular flexibility index (Phi) is 9.22. The first-order valence-electron chi connectivity index (χ1n) is 15.8. The van der Waals surface area contributed by atoms with E-state index in [0.717, 1.165) is 56.1 Å². The number of aromatic nitrogens is 5. The fraction of sp³-hybridized carbons (Fsp3) is 0.515. The number of halogens is 1. The maximum absolute atomic E-state index is 14.1. The van der Waals surface area contributed by atoms with E-state index in [1.54, 1.807) is 12.1 Å². The zero-order chi connectivity index (χ0) is 30.6. The topological polar surface area (TPSA) is 102 Å². The zero-order valence-electron chi connectivity index (χ0n) is 25.5. The molecule has 234 valence electrons. The van der Waals surface area contributed by atoms with Gasteiger partial charge < -0.3 is 18.8 Å². The lowest BCUT2D eigenvalue weighted by molar-refractivity contribution is -0.163. The molecule has 3 aromatic heterocycles. The van der Waals surface area contributed by atoms with Crippen molar-refractivity contribution in [1.82, 2.24) is 23.7 Å². The zero-order valence-corrected chi connectivity index (χ0v) is 25.5. The van der Waals surface area contributed by atoms with E-state index in [1.807, 2.05) is 30.5 Å². The molecule has 2 aliphatic rings. The van der Waals surface area contributed by atoms with Gasteiger partial charge in [-0.25, -0.2) is 19.2 Å². The highest BCUT2D eigenvalue weighted by molar-refractivity contribution is 5.78. The largest absolute Gasteiger partial charge is 0.474 e. The Bertz CT molecular complexity index is 1720. The molecule has 1 saturated heterocycles. The smallest absolute Gasteiger partial charge is 0.332 e. The SMILES string of the molecule is CCn1c(=O)n(CCCOC2CCCCO2)c(=O)c2c1nc(-c1ccc(OC3CCCC3)nc1C)n2Cc1ccc(F)cc1. The molecule has 1 unspecified atom stereocenters. The summed E-state index contributed by atoms with van der Waals surface area (Å²) < 4.78 is 36.0.